The number of anilines is 1. The molecule has 1 N–H and O–H groups in total. The van der Waals surface area contributed by atoms with Crippen LogP contribution in [0, 0.1) is 0 Å². The van der Waals surface area contributed by atoms with Gasteiger partial charge in [0.25, 0.3) is 0 Å². The van der Waals surface area contributed by atoms with Crippen molar-refractivity contribution in [2.45, 2.75) is 0 Å². The maximum absolute atomic E-state index is 5.76. The summed E-state index contributed by atoms with van der Waals surface area (Å²) in [5, 5.41) is 3.46. The molecule has 1 heterocycles. The molecule has 0 radical (unpaired) electrons. The fourth-order valence-electron chi connectivity index (χ4n) is 1.27. The van der Waals surface area contributed by atoms with Crippen molar-refractivity contribution < 1.29 is 4.74 Å². The number of nitrogens with zero attached hydrogens (tertiary/aromatic N) is 1. The number of aromatic nitrogens is 1. The van der Waals surface area contributed by atoms with Crippen LogP contribution in [0.25, 0.3) is 0 Å². The third-order valence-electron chi connectivity index (χ3n) is 2.08. The first-order valence-corrected chi connectivity index (χ1v) is 5.23. The topological polar surface area (TPSA) is 34.1 Å². The van der Waals surface area contributed by atoms with Crippen molar-refractivity contribution in [2.24, 2.45) is 0 Å². The van der Waals surface area contributed by atoms with Gasteiger partial charge in [-0.25, -0.2) is 4.98 Å². The van der Waals surface area contributed by atoms with Gasteiger partial charge in [0.05, 0.1) is 0 Å². The van der Waals surface area contributed by atoms with Crippen LogP contribution >= 0.6 is 11.6 Å². The van der Waals surface area contributed by atoms with E-state index >= 15 is 0 Å². The molecular formula is C12H11ClN2O. The standard InChI is InChI=1S/C12H11ClN2O/c1-14-9-2-4-10(5-3-9)16-11-6-7-15-12(13)8-11/h2-8,14H,1H3. The van der Waals surface area contributed by atoms with Crippen LogP contribution in [0.4, 0.5) is 5.69 Å². The van der Waals surface area contributed by atoms with Crippen molar-refractivity contribution in [3.05, 3.63) is 47.7 Å². The first kappa shape index (κ1) is 10.8. The number of rotatable bonds is 3. The van der Waals surface area contributed by atoms with E-state index in [-0.39, 0.29) is 0 Å². The average Bonchev–Trinajstić information content (AvgIpc) is 2.30. The van der Waals surface area contributed by atoms with Gasteiger partial charge in [-0.1, -0.05) is 11.6 Å². The number of benzene rings is 1. The van der Waals surface area contributed by atoms with Gasteiger partial charge < -0.3 is 10.1 Å². The van der Waals surface area contributed by atoms with Crippen LogP contribution in [-0.4, -0.2) is 12.0 Å². The second-order valence-corrected chi connectivity index (χ2v) is 3.58. The molecular weight excluding hydrogens is 224 g/mol. The number of hydrogen-bond donors (Lipinski definition) is 1. The van der Waals surface area contributed by atoms with Gasteiger partial charge in [0.2, 0.25) is 0 Å². The molecule has 0 fully saturated rings. The summed E-state index contributed by atoms with van der Waals surface area (Å²) in [5.74, 6) is 1.44. The van der Waals surface area contributed by atoms with Crippen LogP contribution in [0.15, 0.2) is 42.6 Å². The lowest BCUT2D eigenvalue weighted by molar-refractivity contribution is 0.482. The highest BCUT2D eigenvalue weighted by molar-refractivity contribution is 6.29. The average molecular weight is 235 g/mol. The lowest BCUT2D eigenvalue weighted by Crippen LogP contribution is -1.88. The van der Waals surface area contributed by atoms with Crippen molar-refractivity contribution in [1.29, 1.82) is 0 Å². The summed E-state index contributed by atoms with van der Waals surface area (Å²) in [6, 6.07) is 11.1. The molecule has 0 aliphatic carbocycles. The SMILES string of the molecule is CNc1ccc(Oc2ccnc(Cl)c2)cc1. The molecule has 0 aliphatic rings. The van der Waals surface area contributed by atoms with Gasteiger partial charge in [-0.2, -0.15) is 0 Å². The molecule has 1 aromatic carbocycles. The number of nitrogens with one attached hydrogen (secondary N) is 1. The molecule has 0 bridgehead atoms. The second-order valence-electron chi connectivity index (χ2n) is 3.19. The second kappa shape index (κ2) is 4.86. The predicted octanol–water partition coefficient (Wildman–Crippen LogP) is 3.57. The molecule has 0 spiro atoms. The van der Waals surface area contributed by atoms with Gasteiger partial charge in [0.15, 0.2) is 0 Å². The van der Waals surface area contributed by atoms with E-state index in [9.17, 15) is 0 Å². The minimum Gasteiger partial charge on any atom is -0.457 e. The summed E-state index contributed by atoms with van der Waals surface area (Å²) in [4.78, 5) is 3.88. The van der Waals surface area contributed by atoms with E-state index in [1.54, 1.807) is 18.3 Å². The summed E-state index contributed by atoms with van der Waals surface area (Å²) in [6.45, 7) is 0. The number of hydrogen-bond acceptors (Lipinski definition) is 3. The minimum absolute atomic E-state index is 0.421. The Bertz CT molecular complexity index is 471. The van der Waals surface area contributed by atoms with Crippen molar-refractivity contribution >= 4 is 17.3 Å². The Kier molecular flexibility index (Phi) is 3.27. The molecule has 0 saturated heterocycles. The Labute approximate surface area is 99.0 Å². The van der Waals surface area contributed by atoms with E-state index in [4.69, 9.17) is 16.3 Å². The van der Waals surface area contributed by atoms with Crippen molar-refractivity contribution in [2.75, 3.05) is 12.4 Å². The van der Waals surface area contributed by atoms with E-state index < -0.39 is 0 Å². The summed E-state index contributed by atoms with van der Waals surface area (Å²) in [7, 11) is 1.87. The van der Waals surface area contributed by atoms with Crippen molar-refractivity contribution in [1.82, 2.24) is 4.98 Å². The smallest absolute Gasteiger partial charge is 0.132 e. The highest BCUT2D eigenvalue weighted by Gasteiger charge is 1.98. The van der Waals surface area contributed by atoms with E-state index in [1.807, 2.05) is 31.3 Å². The van der Waals surface area contributed by atoms with Gasteiger partial charge in [-0.3, -0.25) is 0 Å². The van der Waals surface area contributed by atoms with Gasteiger partial charge in [-0.05, 0) is 30.3 Å². The lowest BCUT2D eigenvalue weighted by Gasteiger charge is -2.06. The van der Waals surface area contributed by atoms with E-state index in [2.05, 4.69) is 10.3 Å². The Balaban J connectivity index is 2.14. The maximum Gasteiger partial charge on any atom is 0.132 e. The fourth-order valence-corrected chi connectivity index (χ4v) is 1.44. The number of ether oxygens (including phenoxy) is 1. The third kappa shape index (κ3) is 2.64. The Morgan fingerprint density at radius 1 is 1.12 bits per heavy atom. The highest BCUT2D eigenvalue weighted by Crippen LogP contribution is 2.23. The predicted molar refractivity (Wildman–Crippen MR) is 65.3 cm³/mol. The monoisotopic (exact) mass is 234 g/mol. The summed E-state index contributed by atoms with van der Waals surface area (Å²) in [6.07, 6.45) is 1.61. The van der Waals surface area contributed by atoms with Crippen LogP contribution in [0.1, 0.15) is 0 Å². The summed E-state index contributed by atoms with van der Waals surface area (Å²) >= 11 is 5.76. The zero-order valence-corrected chi connectivity index (χ0v) is 9.53. The van der Waals surface area contributed by atoms with E-state index in [1.165, 1.54) is 0 Å². The lowest BCUT2D eigenvalue weighted by atomic mass is 10.3. The van der Waals surface area contributed by atoms with Gasteiger partial charge in [0.1, 0.15) is 16.7 Å². The Morgan fingerprint density at radius 3 is 2.50 bits per heavy atom. The fraction of sp³-hybridized carbons (Fsp3) is 0.0833. The van der Waals surface area contributed by atoms with Gasteiger partial charge in [0, 0.05) is 25.0 Å². The quantitative estimate of drug-likeness (QED) is 0.825. The third-order valence-corrected chi connectivity index (χ3v) is 2.28. The molecule has 1 aromatic heterocycles. The molecule has 0 amide bonds. The maximum atomic E-state index is 5.76. The molecule has 16 heavy (non-hydrogen) atoms. The van der Waals surface area contributed by atoms with Crippen LogP contribution in [-0.2, 0) is 0 Å². The molecule has 2 rings (SSSR count). The van der Waals surface area contributed by atoms with Crippen LogP contribution in [0.5, 0.6) is 11.5 Å². The first-order valence-electron chi connectivity index (χ1n) is 4.85. The molecule has 0 unspecified atom stereocenters. The Hall–Kier alpha value is -1.74. The van der Waals surface area contributed by atoms with Gasteiger partial charge >= 0.3 is 0 Å². The summed E-state index contributed by atoms with van der Waals surface area (Å²) in [5.41, 5.74) is 1.04. The molecule has 0 saturated carbocycles. The molecule has 3 nitrogen and oxygen atoms in total. The number of pyridine rings is 1. The van der Waals surface area contributed by atoms with Crippen molar-refractivity contribution in [3.63, 3.8) is 0 Å². The van der Waals surface area contributed by atoms with Gasteiger partial charge in [-0.15, -0.1) is 0 Å². The zero-order chi connectivity index (χ0) is 11.4. The van der Waals surface area contributed by atoms with Crippen LogP contribution in [0.3, 0.4) is 0 Å². The molecule has 2 aromatic rings. The van der Waals surface area contributed by atoms with Crippen LogP contribution < -0.4 is 10.1 Å². The largest absolute Gasteiger partial charge is 0.457 e. The normalized spacial score (nSPS) is 9.88. The zero-order valence-electron chi connectivity index (χ0n) is 8.77. The highest BCUT2D eigenvalue weighted by atomic mass is 35.5. The molecule has 4 heteroatoms. The first-order chi connectivity index (χ1) is 7.78. The van der Waals surface area contributed by atoms with Crippen molar-refractivity contribution in [3.8, 4) is 11.5 Å². The molecule has 82 valence electrons. The minimum atomic E-state index is 0.421. The van der Waals surface area contributed by atoms with Crippen LogP contribution in [0.2, 0.25) is 5.15 Å². The molecule has 0 atom stereocenters. The molecule has 0 aliphatic heterocycles. The number of halogens is 1. The van der Waals surface area contributed by atoms with E-state index in [0.29, 0.717) is 10.9 Å². The summed E-state index contributed by atoms with van der Waals surface area (Å²) < 4.78 is 5.61. The Morgan fingerprint density at radius 2 is 1.88 bits per heavy atom. The van der Waals surface area contributed by atoms with E-state index in [0.717, 1.165) is 11.4 Å².